The van der Waals surface area contributed by atoms with Gasteiger partial charge >= 0.3 is 0 Å². The molecule has 114 valence electrons. The Kier molecular flexibility index (Phi) is 4.29. The molecule has 5 nitrogen and oxygen atoms in total. The minimum atomic E-state index is -0.00280. The lowest BCUT2D eigenvalue weighted by atomic mass is 10.0. The number of carbonyl (C=O) groups is 1. The lowest BCUT2D eigenvalue weighted by Gasteiger charge is -2.15. The summed E-state index contributed by atoms with van der Waals surface area (Å²) in [6.45, 7) is 0.478. The van der Waals surface area contributed by atoms with Crippen LogP contribution < -0.4 is 0 Å². The third-order valence-electron chi connectivity index (χ3n) is 3.35. The molecule has 0 saturated carbocycles. The first-order chi connectivity index (χ1) is 11.2. The molecule has 0 radical (unpaired) electrons. The largest absolute Gasteiger partial charge is 0.508 e. The molecule has 0 unspecified atom stereocenters. The lowest BCUT2D eigenvalue weighted by molar-refractivity contribution is 0.103. The Labute approximate surface area is 133 Å². The first kappa shape index (κ1) is 14.7. The number of phenolic OH excluding ortho intramolecular Hbond substituents is 1. The molecule has 23 heavy (non-hydrogen) atoms. The maximum atomic E-state index is 12.3. The van der Waals surface area contributed by atoms with Crippen molar-refractivity contribution in [2.75, 3.05) is 6.54 Å². The summed E-state index contributed by atoms with van der Waals surface area (Å²) in [6, 6.07) is 15.6. The minimum absolute atomic E-state index is 0.00280. The van der Waals surface area contributed by atoms with E-state index in [1.807, 2.05) is 24.3 Å². The topological polar surface area (TPSA) is 65.3 Å². The van der Waals surface area contributed by atoms with Crippen molar-refractivity contribution < 1.29 is 9.90 Å². The van der Waals surface area contributed by atoms with Crippen molar-refractivity contribution in [1.82, 2.24) is 5.01 Å². The quantitative estimate of drug-likeness (QED) is 0.685. The number of ketones is 1. The summed E-state index contributed by atoms with van der Waals surface area (Å²) in [7, 11) is 0. The zero-order chi connectivity index (χ0) is 16.1. The number of hydrogen-bond acceptors (Lipinski definition) is 4. The summed E-state index contributed by atoms with van der Waals surface area (Å²) < 4.78 is 0. The van der Waals surface area contributed by atoms with Gasteiger partial charge in [-0.05, 0) is 30.3 Å². The van der Waals surface area contributed by atoms with Crippen molar-refractivity contribution in [2.24, 2.45) is 10.3 Å². The zero-order valence-electron chi connectivity index (χ0n) is 12.3. The van der Waals surface area contributed by atoms with Gasteiger partial charge in [0.15, 0.2) is 5.78 Å². The number of aromatic hydroxyl groups is 1. The van der Waals surface area contributed by atoms with Gasteiger partial charge in [-0.15, -0.1) is 5.11 Å². The molecule has 0 saturated heterocycles. The molecule has 3 rings (SSSR count). The number of carbonyl (C=O) groups excluding carboxylic acids is 1. The molecule has 0 aromatic heterocycles. The normalized spacial score (nSPS) is 14.1. The summed E-state index contributed by atoms with van der Waals surface area (Å²) in [5, 5.41) is 19.0. The summed E-state index contributed by atoms with van der Waals surface area (Å²) in [5.41, 5.74) is 1.96. The third-order valence-corrected chi connectivity index (χ3v) is 3.35. The van der Waals surface area contributed by atoms with Crippen LogP contribution in [0.5, 0.6) is 5.75 Å². The van der Waals surface area contributed by atoms with Crippen LogP contribution >= 0.6 is 0 Å². The van der Waals surface area contributed by atoms with Crippen LogP contribution in [-0.2, 0) is 0 Å². The Morgan fingerprint density at radius 2 is 1.78 bits per heavy atom. The fraction of sp³-hybridized carbons (Fsp3) is 0.0556. The maximum Gasteiger partial charge on any atom is 0.192 e. The number of rotatable bonds is 4. The molecule has 0 aliphatic carbocycles. The predicted molar refractivity (Wildman–Crippen MR) is 87.3 cm³/mol. The molecule has 0 bridgehead atoms. The van der Waals surface area contributed by atoms with E-state index in [0.717, 1.165) is 0 Å². The number of hydrogen-bond donors (Lipinski definition) is 1. The molecular weight excluding hydrogens is 290 g/mol. The van der Waals surface area contributed by atoms with E-state index in [2.05, 4.69) is 10.3 Å². The Morgan fingerprint density at radius 1 is 1.04 bits per heavy atom. The fourth-order valence-corrected chi connectivity index (χ4v) is 2.11. The molecule has 5 heteroatoms. The van der Waals surface area contributed by atoms with Gasteiger partial charge in [-0.3, -0.25) is 9.80 Å². The summed E-state index contributed by atoms with van der Waals surface area (Å²) in [5.74, 6) is 0.186. The van der Waals surface area contributed by atoms with Crippen LogP contribution in [0.3, 0.4) is 0 Å². The highest BCUT2D eigenvalue weighted by Crippen LogP contribution is 2.19. The molecule has 0 amide bonds. The van der Waals surface area contributed by atoms with Gasteiger partial charge < -0.3 is 5.11 Å². The van der Waals surface area contributed by atoms with Gasteiger partial charge in [-0.25, -0.2) is 0 Å². The highest BCUT2D eigenvalue weighted by Gasteiger charge is 2.12. The predicted octanol–water partition coefficient (Wildman–Crippen LogP) is 4.03. The smallest absolute Gasteiger partial charge is 0.192 e. The first-order valence-corrected chi connectivity index (χ1v) is 7.18. The lowest BCUT2D eigenvalue weighted by Crippen LogP contribution is -2.15. The number of phenols is 1. The van der Waals surface area contributed by atoms with Gasteiger partial charge in [-0.2, -0.15) is 0 Å². The highest BCUT2D eigenvalue weighted by molar-refractivity contribution is 6.10. The van der Waals surface area contributed by atoms with E-state index in [0.29, 0.717) is 23.4 Å². The number of nitrogens with zero attached hydrogens (tertiary/aromatic N) is 3. The molecule has 1 heterocycles. The van der Waals surface area contributed by atoms with Crippen molar-refractivity contribution >= 4 is 11.5 Å². The standard InChI is InChI=1S/C18H15N3O2/c22-17-8-6-16(7-9-17)19-20-21-12-10-15(11-13-21)18(23)14-4-2-1-3-5-14/h1-12,22H,13H2. The van der Waals surface area contributed by atoms with E-state index in [9.17, 15) is 9.90 Å². The van der Waals surface area contributed by atoms with E-state index < -0.39 is 0 Å². The van der Waals surface area contributed by atoms with Crippen molar-refractivity contribution in [3.8, 4) is 5.75 Å². The molecule has 0 spiro atoms. The van der Waals surface area contributed by atoms with E-state index in [-0.39, 0.29) is 11.5 Å². The molecule has 1 N–H and O–H groups in total. The molecule has 2 aromatic rings. The van der Waals surface area contributed by atoms with Crippen LogP contribution in [0.4, 0.5) is 5.69 Å². The van der Waals surface area contributed by atoms with Crippen LogP contribution in [0.1, 0.15) is 10.4 Å². The van der Waals surface area contributed by atoms with Crippen molar-refractivity contribution in [3.05, 3.63) is 84.1 Å². The summed E-state index contributed by atoms with van der Waals surface area (Å²) >= 11 is 0. The molecule has 1 aliphatic heterocycles. The molecular formula is C18H15N3O2. The SMILES string of the molecule is O=C(C1=CCN(N=Nc2ccc(O)cc2)C=C1)c1ccccc1. The van der Waals surface area contributed by atoms with Crippen LogP contribution in [0, 0.1) is 0 Å². The number of benzene rings is 2. The van der Waals surface area contributed by atoms with Crippen LogP contribution in [-0.4, -0.2) is 22.4 Å². The molecule has 0 fully saturated rings. The Bertz CT molecular complexity index is 778. The summed E-state index contributed by atoms with van der Waals surface area (Å²) in [4.78, 5) is 12.3. The monoisotopic (exact) mass is 305 g/mol. The van der Waals surface area contributed by atoms with Crippen LogP contribution in [0.2, 0.25) is 0 Å². The Hall–Kier alpha value is -3.21. The van der Waals surface area contributed by atoms with Gasteiger partial charge in [-0.1, -0.05) is 41.6 Å². The van der Waals surface area contributed by atoms with E-state index >= 15 is 0 Å². The first-order valence-electron chi connectivity index (χ1n) is 7.18. The Balaban J connectivity index is 1.64. The molecule has 2 aromatic carbocycles. The minimum Gasteiger partial charge on any atom is -0.508 e. The van der Waals surface area contributed by atoms with Crippen molar-refractivity contribution in [2.45, 2.75) is 0 Å². The van der Waals surface area contributed by atoms with E-state index in [1.165, 1.54) is 0 Å². The maximum absolute atomic E-state index is 12.3. The van der Waals surface area contributed by atoms with E-state index in [1.54, 1.807) is 53.7 Å². The second-order valence-corrected chi connectivity index (χ2v) is 5.00. The zero-order valence-corrected chi connectivity index (χ0v) is 12.3. The average Bonchev–Trinajstić information content (AvgIpc) is 2.62. The number of Topliss-reactive ketones (excluding diaryl/α,β-unsaturated/α-hetero) is 1. The molecule has 1 aliphatic rings. The highest BCUT2D eigenvalue weighted by atomic mass is 16.3. The number of allylic oxidation sites excluding steroid dienone is 2. The van der Waals surface area contributed by atoms with Crippen molar-refractivity contribution in [1.29, 1.82) is 0 Å². The molecule has 0 atom stereocenters. The van der Waals surface area contributed by atoms with Gasteiger partial charge in [0.05, 0.1) is 12.2 Å². The Morgan fingerprint density at radius 3 is 2.43 bits per heavy atom. The van der Waals surface area contributed by atoms with E-state index in [4.69, 9.17) is 0 Å². The van der Waals surface area contributed by atoms with Gasteiger partial charge in [0.1, 0.15) is 5.75 Å². The van der Waals surface area contributed by atoms with Gasteiger partial charge in [0.25, 0.3) is 0 Å². The van der Waals surface area contributed by atoms with Crippen LogP contribution in [0.25, 0.3) is 0 Å². The fourth-order valence-electron chi connectivity index (χ4n) is 2.11. The third kappa shape index (κ3) is 3.71. The van der Waals surface area contributed by atoms with Crippen molar-refractivity contribution in [3.63, 3.8) is 0 Å². The second-order valence-electron chi connectivity index (χ2n) is 5.00. The van der Waals surface area contributed by atoms with Gasteiger partial charge in [0.2, 0.25) is 0 Å². The summed E-state index contributed by atoms with van der Waals surface area (Å²) in [6.07, 6.45) is 5.28. The van der Waals surface area contributed by atoms with Crippen LogP contribution in [0.15, 0.2) is 88.9 Å². The average molecular weight is 305 g/mol. The second kappa shape index (κ2) is 6.70. The van der Waals surface area contributed by atoms with Gasteiger partial charge in [0, 0.05) is 17.3 Å².